The van der Waals surface area contributed by atoms with E-state index in [1.165, 1.54) is 7.11 Å². The number of hydrogen-bond donors (Lipinski definition) is 3. The lowest BCUT2D eigenvalue weighted by atomic mass is 9.86. The number of hydrogen-bond acceptors (Lipinski definition) is 6. The van der Waals surface area contributed by atoms with Gasteiger partial charge in [0.25, 0.3) is 5.56 Å². The number of carbonyl (C=O) groups is 1. The van der Waals surface area contributed by atoms with E-state index >= 15 is 0 Å². The molecule has 9 nitrogen and oxygen atoms in total. The van der Waals surface area contributed by atoms with Crippen molar-refractivity contribution in [1.29, 1.82) is 0 Å². The van der Waals surface area contributed by atoms with Gasteiger partial charge in [0.1, 0.15) is 5.75 Å². The maximum atomic E-state index is 12.8. The van der Waals surface area contributed by atoms with Gasteiger partial charge < -0.3 is 29.8 Å². The van der Waals surface area contributed by atoms with Gasteiger partial charge in [0.05, 0.1) is 14.2 Å². The minimum Gasteiger partial charge on any atom is -0.497 e. The molecule has 0 aliphatic carbocycles. The number of nitrogens with two attached hydrogens (primary N) is 1. The molecule has 3 aromatic rings. The van der Waals surface area contributed by atoms with Crippen molar-refractivity contribution in [1.82, 2.24) is 10.2 Å². The summed E-state index contributed by atoms with van der Waals surface area (Å²) in [6, 6.07) is 11.0. The summed E-state index contributed by atoms with van der Waals surface area (Å²) in [5, 5.41) is 5.59. The Morgan fingerprint density at radius 3 is 2.58 bits per heavy atom. The van der Waals surface area contributed by atoms with Crippen LogP contribution in [0.15, 0.2) is 41.2 Å². The van der Waals surface area contributed by atoms with Crippen LogP contribution in [0.5, 0.6) is 23.0 Å². The third-order valence-corrected chi connectivity index (χ3v) is 5.27. The molecule has 1 unspecified atom stereocenters. The first-order chi connectivity index (χ1) is 15.0. The number of fused-ring (bicyclic) bond motifs is 1. The van der Waals surface area contributed by atoms with Crippen LogP contribution in [0.4, 0.5) is 0 Å². The predicted octanol–water partition coefficient (Wildman–Crippen LogP) is 2.05. The quantitative estimate of drug-likeness (QED) is 0.507. The first-order valence-electron chi connectivity index (χ1n) is 9.68. The number of carbonyl (C=O) groups excluding carboxylic acids is 1. The van der Waals surface area contributed by atoms with Crippen LogP contribution in [0, 0.1) is 0 Å². The van der Waals surface area contributed by atoms with E-state index in [1.807, 2.05) is 24.3 Å². The van der Waals surface area contributed by atoms with E-state index in [-0.39, 0.29) is 18.8 Å². The van der Waals surface area contributed by atoms with Crippen LogP contribution in [0.1, 0.15) is 34.7 Å². The Kier molecular flexibility index (Phi) is 5.57. The van der Waals surface area contributed by atoms with Gasteiger partial charge in [-0.05, 0) is 35.4 Å². The number of ether oxygens (including phenoxy) is 4. The van der Waals surface area contributed by atoms with Crippen LogP contribution < -0.4 is 30.2 Å². The average Bonchev–Trinajstić information content (AvgIpc) is 3.38. The van der Waals surface area contributed by atoms with Crippen LogP contribution in [-0.4, -0.2) is 37.1 Å². The van der Waals surface area contributed by atoms with Crippen molar-refractivity contribution in [3.05, 3.63) is 69.1 Å². The number of methoxy groups -OCH3 is 2. The topological polar surface area (TPSA) is 129 Å². The van der Waals surface area contributed by atoms with Crippen molar-refractivity contribution >= 4 is 5.91 Å². The van der Waals surface area contributed by atoms with Crippen LogP contribution in [0.25, 0.3) is 0 Å². The highest BCUT2D eigenvalue weighted by Crippen LogP contribution is 2.44. The van der Waals surface area contributed by atoms with E-state index in [2.05, 4.69) is 10.2 Å². The zero-order valence-corrected chi connectivity index (χ0v) is 17.2. The molecule has 0 bridgehead atoms. The highest BCUT2D eigenvalue weighted by molar-refractivity contribution is 5.76. The van der Waals surface area contributed by atoms with Gasteiger partial charge in [-0.25, -0.2) is 0 Å². The largest absolute Gasteiger partial charge is 0.497 e. The van der Waals surface area contributed by atoms with Gasteiger partial charge in [-0.15, -0.1) is 0 Å². The molecule has 0 saturated heterocycles. The van der Waals surface area contributed by atoms with Crippen molar-refractivity contribution in [2.75, 3.05) is 21.0 Å². The Labute approximate surface area is 178 Å². The molecule has 1 aliphatic rings. The Balaban J connectivity index is 1.76. The average molecular weight is 425 g/mol. The zero-order valence-electron chi connectivity index (χ0n) is 17.2. The van der Waals surface area contributed by atoms with E-state index < -0.39 is 11.8 Å². The molecule has 0 fully saturated rings. The summed E-state index contributed by atoms with van der Waals surface area (Å²) in [7, 11) is 3.12. The molecule has 31 heavy (non-hydrogen) atoms. The van der Waals surface area contributed by atoms with Gasteiger partial charge in [-0.2, -0.15) is 0 Å². The van der Waals surface area contributed by atoms with E-state index in [4.69, 9.17) is 24.7 Å². The summed E-state index contributed by atoms with van der Waals surface area (Å²) in [6.07, 6.45) is 0.397. The zero-order chi connectivity index (χ0) is 22.0. The summed E-state index contributed by atoms with van der Waals surface area (Å²) in [6.45, 7) is 0.0725. The maximum absolute atomic E-state index is 12.8. The molecule has 1 amide bonds. The molecule has 1 aromatic heterocycles. The van der Waals surface area contributed by atoms with Gasteiger partial charge in [0.2, 0.25) is 18.4 Å². The molecule has 1 aliphatic heterocycles. The lowest BCUT2D eigenvalue weighted by molar-refractivity contribution is -0.118. The standard InChI is InChI=1S/C22H23N3O6/c1-28-14-5-3-12(4-6-14)7-16-20(22(27)25-24-16)15(10-19(23)26)13-8-17(29-2)21-18(9-13)30-11-31-21/h3-6,8-9,15H,7,10-11H2,1-2H3,(H2,23,26)(H2,24,25,27). The number of nitrogens with one attached hydrogen (secondary N) is 2. The Morgan fingerprint density at radius 1 is 1.13 bits per heavy atom. The maximum Gasteiger partial charge on any atom is 0.267 e. The third kappa shape index (κ3) is 4.07. The molecular formula is C22H23N3O6. The van der Waals surface area contributed by atoms with Crippen molar-refractivity contribution < 1.29 is 23.7 Å². The van der Waals surface area contributed by atoms with Gasteiger partial charge in [0.15, 0.2) is 11.5 Å². The van der Waals surface area contributed by atoms with Crippen molar-refractivity contribution in [2.24, 2.45) is 5.73 Å². The number of benzene rings is 2. The van der Waals surface area contributed by atoms with Crippen molar-refractivity contribution in [3.8, 4) is 23.0 Å². The van der Waals surface area contributed by atoms with Gasteiger partial charge in [0, 0.05) is 30.0 Å². The third-order valence-electron chi connectivity index (χ3n) is 5.27. The fraction of sp³-hybridized carbons (Fsp3) is 0.273. The smallest absolute Gasteiger partial charge is 0.267 e. The second kappa shape index (κ2) is 8.47. The number of aromatic amines is 2. The number of rotatable bonds is 8. The first-order valence-corrected chi connectivity index (χ1v) is 9.68. The number of primary amides is 1. The molecule has 2 aromatic carbocycles. The van der Waals surface area contributed by atoms with Crippen molar-refractivity contribution in [2.45, 2.75) is 18.8 Å². The second-order valence-corrected chi connectivity index (χ2v) is 7.18. The normalized spacial score (nSPS) is 13.1. The molecular weight excluding hydrogens is 402 g/mol. The SMILES string of the molecule is COc1ccc(Cc2[nH][nH]c(=O)c2C(CC(N)=O)c2cc(OC)c3c(c2)OCO3)cc1. The fourth-order valence-electron chi connectivity index (χ4n) is 3.80. The minimum atomic E-state index is -0.593. The predicted molar refractivity (Wildman–Crippen MR) is 112 cm³/mol. The van der Waals surface area contributed by atoms with Crippen LogP contribution in [0.3, 0.4) is 0 Å². The van der Waals surface area contributed by atoms with Crippen LogP contribution in [0.2, 0.25) is 0 Å². The van der Waals surface area contributed by atoms with Gasteiger partial charge in [-0.1, -0.05) is 12.1 Å². The monoisotopic (exact) mass is 425 g/mol. The summed E-state index contributed by atoms with van der Waals surface area (Å²) >= 11 is 0. The van der Waals surface area contributed by atoms with Gasteiger partial charge >= 0.3 is 0 Å². The lowest BCUT2D eigenvalue weighted by Crippen LogP contribution is -2.21. The highest BCUT2D eigenvalue weighted by atomic mass is 16.7. The van der Waals surface area contributed by atoms with E-state index in [9.17, 15) is 9.59 Å². The summed E-state index contributed by atoms with van der Waals surface area (Å²) in [4.78, 5) is 24.7. The first kappa shape index (κ1) is 20.4. The van der Waals surface area contributed by atoms with E-state index in [0.717, 1.165) is 11.3 Å². The number of amides is 1. The Bertz CT molecular complexity index is 1150. The van der Waals surface area contributed by atoms with Crippen LogP contribution >= 0.6 is 0 Å². The minimum absolute atomic E-state index is 0.0562. The molecule has 4 rings (SSSR count). The summed E-state index contributed by atoms with van der Waals surface area (Å²) in [5.41, 5.74) is 7.97. The molecule has 162 valence electrons. The molecule has 2 heterocycles. The number of aromatic nitrogens is 2. The summed E-state index contributed by atoms with van der Waals surface area (Å²) < 4.78 is 21.6. The highest BCUT2D eigenvalue weighted by Gasteiger charge is 2.29. The molecule has 0 spiro atoms. The van der Waals surface area contributed by atoms with Gasteiger partial charge in [-0.3, -0.25) is 14.7 Å². The molecule has 0 saturated carbocycles. The molecule has 9 heteroatoms. The van der Waals surface area contributed by atoms with E-state index in [0.29, 0.717) is 40.5 Å². The Morgan fingerprint density at radius 2 is 1.90 bits per heavy atom. The Hall–Kier alpha value is -3.88. The summed E-state index contributed by atoms with van der Waals surface area (Å²) in [5.74, 6) is 1.06. The molecule has 0 radical (unpaired) electrons. The number of H-pyrrole nitrogens is 2. The fourth-order valence-corrected chi connectivity index (χ4v) is 3.80. The van der Waals surface area contributed by atoms with E-state index in [1.54, 1.807) is 19.2 Å². The lowest BCUT2D eigenvalue weighted by Gasteiger charge is -2.18. The van der Waals surface area contributed by atoms with Crippen LogP contribution in [-0.2, 0) is 11.2 Å². The second-order valence-electron chi connectivity index (χ2n) is 7.18. The molecule has 1 atom stereocenters. The molecule has 4 N–H and O–H groups in total. The van der Waals surface area contributed by atoms with Crippen molar-refractivity contribution in [3.63, 3.8) is 0 Å².